The van der Waals surface area contributed by atoms with Crippen LogP contribution in [0.25, 0.3) is 0 Å². The van der Waals surface area contributed by atoms with Gasteiger partial charge in [-0.15, -0.1) is 0 Å². The van der Waals surface area contributed by atoms with Crippen LogP contribution in [0.5, 0.6) is 0 Å². The molecule has 0 fully saturated rings. The molecule has 24 heavy (non-hydrogen) atoms. The molecule has 1 atom stereocenters. The third-order valence-corrected chi connectivity index (χ3v) is 3.89. The first-order valence-corrected chi connectivity index (χ1v) is 8.06. The van der Waals surface area contributed by atoms with Gasteiger partial charge in [-0.3, -0.25) is 9.59 Å². The summed E-state index contributed by atoms with van der Waals surface area (Å²) in [5.74, 6) is -0.693. The molecule has 1 heterocycles. The average molecular weight is 347 g/mol. The molecule has 7 heteroatoms. The average Bonchev–Trinajstić information content (AvgIpc) is 2.61. The summed E-state index contributed by atoms with van der Waals surface area (Å²) in [4.78, 5) is 34.6. The number of benzene rings is 1. The number of rotatable bonds is 6. The lowest BCUT2D eigenvalue weighted by Crippen LogP contribution is -2.43. The van der Waals surface area contributed by atoms with Gasteiger partial charge in [0.2, 0.25) is 5.91 Å². The summed E-state index contributed by atoms with van der Waals surface area (Å²) in [7, 11) is 0. The second-order valence-corrected chi connectivity index (χ2v) is 5.45. The van der Waals surface area contributed by atoms with Crippen molar-refractivity contribution in [3.05, 3.63) is 59.1 Å². The van der Waals surface area contributed by atoms with E-state index in [1.807, 2.05) is 32.0 Å². The molecule has 1 N–H and O–H groups in total. The molecule has 1 aromatic heterocycles. The molecule has 126 valence electrons. The Hall–Kier alpha value is -2.47. The van der Waals surface area contributed by atoms with Crippen LogP contribution in [-0.4, -0.2) is 39.8 Å². The van der Waals surface area contributed by atoms with Crippen LogP contribution in [0.2, 0.25) is 5.02 Å². The van der Waals surface area contributed by atoms with E-state index in [0.717, 1.165) is 0 Å². The molecule has 1 unspecified atom stereocenters. The number of hydrogen-bond donors (Lipinski definition) is 1. The second-order valence-electron chi connectivity index (χ2n) is 5.05. The summed E-state index contributed by atoms with van der Waals surface area (Å²) < 4.78 is 0. The number of nitrogens with zero attached hydrogens (tertiary/aromatic N) is 3. The van der Waals surface area contributed by atoms with Crippen LogP contribution in [0.4, 0.5) is 0 Å². The molecule has 2 aromatic rings. The Kier molecular flexibility index (Phi) is 6.26. The molecular formula is C17H19ClN4O2. The zero-order valence-electron chi connectivity index (χ0n) is 13.6. The Morgan fingerprint density at radius 3 is 2.46 bits per heavy atom. The van der Waals surface area contributed by atoms with Gasteiger partial charge in [0.1, 0.15) is 18.1 Å². The van der Waals surface area contributed by atoms with E-state index in [9.17, 15) is 9.59 Å². The normalized spacial score (nSPS) is 11.6. The van der Waals surface area contributed by atoms with Gasteiger partial charge in [-0.05, 0) is 19.4 Å². The molecule has 0 saturated carbocycles. The highest BCUT2D eigenvalue weighted by molar-refractivity contribution is 6.33. The van der Waals surface area contributed by atoms with Crippen LogP contribution in [-0.2, 0) is 4.79 Å². The molecule has 0 aliphatic rings. The van der Waals surface area contributed by atoms with Crippen LogP contribution in [0.15, 0.2) is 42.9 Å². The van der Waals surface area contributed by atoms with Crippen molar-refractivity contribution in [1.82, 2.24) is 20.2 Å². The van der Waals surface area contributed by atoms with Crippen molar-refractivity contribution < 1.29 is 9.59 Å². The lowest BCUT2D eigenvalue weighted by molar-refractivity contribution is -0.133. The highest BCUT2D eigenvalue weighted by Gasteiger charge is 2.27. The van der Waals surface area contributed by atoms with Gasteiger partial charge in [0.05, 0.1) is 5.02 Å². The number of amides is 2. The Morgan fingerprint density at radius 2 is 1.88 bits per heavy atom. The third-order valence-electron chi connectivity index (χ3n) is 3.61. The molecule has 0 bridgehead atoms. The summed E-state index contributed by atoms with van der Waals surface area (Å²) in [6, 6.07) is 8.29. The van der Waals surface area contributed by atoms with Gasteiger partial charge in [-0.1, -0.05) is 41.9 Å². The maximum atomic E-state index is 12.8. The molecule has 1 aromatic carbocycles. The summed E-state index contributed by atoms with van der Waals surface area (Å²) in [6.07, 6.45) is 2.58. The molecule has 0 saturated heterocycles. The fraction of sp³-hybridized carbons (Fsp3) is 0.294. The van der Waals surface area contributed by atoms with E-state index in [2.05, 4.69) is 15.3 Å². The molecule has 2 rings (SSSR count). The van der Waals surface area contributed by atoms with E-state index in [1.165, 1.54) is 12.5 Å². The lowest BCUT2D eigenvalue weighted by atomic mass is 10.1. The summed E-state index contributed by atoms with van der Waals surface area (Å²) in [5, 5.41) is 2.87. The Morgan fingerprint density at radius 1 is 1.21 bits per heavy atom. The Labute approximate surface area is 145 Å². The van der Waals surface area contributed by atoms with Gasteiger partial charge in [0, 0.05) is 19.3 Å². The van der Waals surface area contributed by atoms with Crippen LogP contribution in [0.1, 0.15) is 35.9 Å². The quantitative estimate of drug-likeness (QED) is 0.871. The number of carbonyl (C=O) groups excluding carboxylic acids is 2. The minimum Gasteiger partial charge on any atom is -0.341 e. The van der Waals surface area contributed by atoms with Crippen LogP contribution < -0.4 is 5.32 Å². The van der Waals surface area contributed by atoms with Gasteiger partial charge in [0.15, 0.2) is 0 Å². The highest BCUT2D eigenvalue weighted by atomic mass is 35.5. The van der Waals surface area contributed by atoms with Crippen molar-refractivity contribution in [3.8, 4) is 0 Å². The van der Waals surface area contributed by atoms with E-state index >= 15 is 0 Å². The third kappa shape index (κ3) is 4.08. The van der Waals surface area contributed by atoms with Gasteiger partial charge >= 0.3 is 0 Å². The number of likely N-dealkylation sites (N-methyl/N-ethyl adjacent to an activating group) is 1. The number of halogens is 1. The number of aromatic nitrogens is 2. The lowest BCUT2D eigenvalue weighted by Gasteiger charge is -2.26. The first-order chi connectivity index (χ1) is 11.6. The van der Waals surface area contributed by atoms with Crippen LogP contribution in [0, 0.1) is 0 Å². The topological polar surface area (TPSA) is 75.2 Å². The zero-order valence-corrected chi connectivity index (χ0v) is 14.3. The van der Waals surface area contributed by atoms with E-state index in [-0.39, 0.29) is 16.6 Å². The van der Waals surface area contributed by atoms with E-state index < -0.39 is 11.9 Å². The number of nitrogens with one attached hydrogen (secondary N) is 1. The summed E-state index contributed by atoms with van der Waals surface area (Å²) >= 11 is 5.96. The highest BCUT2D eigenvalue weighted by Crippen LogP contribution is 2.18. The molecule has 6 nitrogen and oxygen atoms in total. The molecule has 0 spiro atoms. The largest absolute Gasteiger partial charge is 0.341 e. The minimum absolute atomic E-state index is 0.0416. The monoisotopic (exact) mass is 346 g/mol. The first-order valence-electron chi connectivity index (χ1n) is 7.68. The maximum Gasteiger partial charge on any atom is 0.272 e. The molecule has 0 radical (unpaired) electrons. The van der Waals surface area contributed by atoms with Gasteiger partial charge in [0.25, 0.3) is 5.91 Å². The summed E-state index contributed by atoms with van der Waals surface area (Å²) in [6.45, 7) is 4.91. The van der Waals surface area contributed by atoms with E-state index in [0.29, 0.717) is 18.7 Å². The fourth-order valence-corrected chi connectivity index (χ4v) is 2.52. The predicted octanol–water partition coefficient (Wildman–Crippen LogP) is 2.47. The van der Waals surface area contributed by atoms with Crippen molar-refractivity contribution in [2.24, 2.45) is 0 Å². The smallest absolute Gasteiger partial charge is 0.272 e. The number of hydrogen-bond acceptors (Lipinski definition) is 4. The second kappa shape index (κ2) is 8.40. The van der Waals surface area contributed by atoms with Crippen molar-refractivity contribution >= 4 is 23.4 Å². The summed E-state index contributed by atoms with van der Waals surface area (Å²) in [5.41, 5.74) is 0.743. The van der Waals surface area contributed by atoms with Crippen LogP contribution in [0.3, 0.4) is 0 Å². The first kappa shape index (κ1) is 17.9. The van der Waals surface area contributed by atoms with Gasteiger partial charge < -0.3 is 10.2 Å². The minimum atomic E-state index is -0.801. The molecule has 2 amide bonds. The number of carbonyl (C=O) groups is 2. The zero-order chi connectivity index (χ0) is 17.5. The van der Waals surface area contributed by atoms with Gasteiger partial charge in [-0.25, -0.2) is 9.97 Å². The Balaban J connectivity index is 2.31. The molecule has 0 aliphatic carbocycles. The molecule has 0 aliphatic heterocycles. The Bertz CT molecular complexity index is 705. The van der Waals surface area contributed by atoms with Crippen molar-refractivity contribution in [2.75, 3.05) is 13.1 Å². The van der Waals surface area contributed by atoms with Crippen molar-refractivity contribution in [3.63, 3.8) is 0 Å². The van der Waals surface area contributed by atoms with E-state index in [4.69, 9.17) is 11.6 Å². The van der Waals surface area contributed by atoms with E-state index in [1.54, 1.807) is 17.0 Å². The maximum absolute atomic E-state index is 12.8. The van der Waals surface area contributed by atoms with Gasteiger partial charge in [-0.2, -0.15) is 0 Å². The SMILES string of the molecule is CCN(CC)C(=O)C(NC(=O)c1ncncc1Cl)c1ccccc1. The fourth-order valence-electron chi connectivity index (χ4n) is 2.33. The predicted molar refractivity (Wildman–Crippen MR) is 91.6 cm³/mol. The standard InChI is InChI=1S/C17H19ClN4O2/c1-3-22(4-2)17(24)14(12-8-6-5-7-9-12)21-16(23)15-13(18)10-19-11-20-15/h5-11,14H,3-4H2,1-2H3,(H,21,23). The van der Waals surface area contributed by atoms with Crippen LogP contribution >= 0.6 is 11.6 Å². The van der Waals surface area contributed by atoms with Crippen molar-refractivity contribution in [2.45, 2.75) is 19.9 Å². The molecular weight excluding hydrogens is 328 g/mol. The van der Waals surface area contributed by atoms with Crippen molar-refractivity contribution in [1.29, 1.82) is 0 Å².